The van der Waals surface area contributed by atoms with Gasteiger partial charge in [-0.3, -0.25) is 0 Å². The Morgan fingerprint density at radius 1 is 1.00 bits per heavy atom. The molecule has 0 fully saturated rings. The van der Waals surface area contributed by atoms with Crippen LogP contribution in [0.5, 0.6) is 0 Å². The van der Waals surface area contributed by atoms with Gasteiger partial charge in [0.15, 0.2) is 0 Å². The normalized spacial score (nSPS) is 14.8. The molecule has 0 aromatic heterocycles. The maximum absolute atomic E-state index is 12.5. The summed E-state index contributed by atoms with van der Waals surface area (Å²) in [5.74, 6) is 0. The van der Waals surface area contributed by atoms with Crippen molar-refractivity contribution >= 4 is 15.9 Å². The maximum atomic E-state index is 12.5. The van der Waals surface area contributed by atoms with Crippen molar-refractivity contribution in [2.45, 2.75) is 24.1 Å². The molecular weight excluding hydrogens is 314 g/mol. The molecule has 96 valence electrons. The minimum atomic E-state index is -4.67. The lowest BCUT2D eigenvalue weighted by Gasteiger charge is -2.17. The first-order chi connectivity index (χ1) is 7.53. The lowest BCUT2D eigenvalue weighted by molar-refractivity contribution is -0.141. The van der Waals surface area contributed by atoms with Gasteiger partial charge in [-0.05, 0) is 30.7 Å². The first-order valence-electron chi connectivity index (χ1n) is 4.46. The summed E-state index contributed by atoms with van der Waals surface area (Å²) in [7, 11) is 0. The van der Waals surface area contributed by atoms with Crippen molar-refractivity contribution in [3.8, 4) is 0 Å². The smallest absolute Gasteiger partial charge is 0.166 e. The molecular formula is C10H7BrF6. The van der Waals surface area contributed by atoms with Crippen LogP contribution in [0.3, 0.4) is 0 Å². The Morgan fingerprint density at radius 2 is 1.53 bits per heavy atom. The largest absolute Gasteiger partial charge is 0.416 e. The first-order valence-corrected chi connectivity index (χ1v) is 5.37. The Balaban J connectivity index is 3.38. The zero-order valence-corrected chi connectivity index (χ0v) is 10.0. The van der Waals surface area contributed by atoms with Crippen molar-refractivity contribution in [2.24, 2.45) is 0 Å². The third-order valence-corrected chi connectivity index (χ3v) is 2.61. The van der Waals surface area contributed by atoms with Crippen LogP contribution < -0.4 is 0 Å². The summed E-state index contributed by atoms with van der Waals surface area (Å²) in [6, 6.07) is 1.40. The van der Waals surface area contributed by atoms with E-state index in [1.165, 1.54) is 6.92 Å². The molecule has 0 aliphatic carbocycles. The fourth-order valence-corrected chi connectivity index (χ4v) is 1.71. The van der Waals surface area contributed by atoms with E-state index in [0.29, 0.717) is 18.2 Å². The summed E-state index contributed by atoms with van der Waals surface area (Å²) in [6.45, 7) is 1.34. The third-order valence-electron chi connectivity index (χ3n) is 2.11. The minimum Gasteiger partial charge on any atom is -0.166 e. The van der Waals surface area contributed by atoms with Crippen LogP contribution in [0.2, 0.25) is 0 Å². The monoisotopic (exact) mass is 320 g/mol. The molecule has 0 N–H and O–H groups in total. The van der Waals surface area contributed by atoms with Crippen LogP contribution in [0.1, 0.15) is 28.4 Å². The van der Waals surface area contributed by atoms with Crippen LogP contribution in [0.4, 0.5) is 26.3 Å². The van der Waals surface area contributed by atoms with Crippen molar-refractivity contribution in [1.82, 2.24) is 0 Å². The highest BCUT2D eigenvalue weighted by atomic mass is 79.9. The van der Waals surface area contributed by atoms with Gasteiger partial charge in [0.1, 0.15) is 0 Å². The van der Waals surface area contributed by atoms with E-state index in [4.69, 9.17) is 0 Å². The fourth-order valence-electron chi connectivity index (χ4n) is 1.33. The van der Waals surface area contributed by atoms with Crippen LogP contribution >= 0.6 is 15.9 Å². The molecule has 1 aromatic rings. The Labute approximate surface area is 102 Å². The molecule has 1 atom stereocenters. The SMILES string of the molecule is C[C@H](Br)c1cc(C(F)(F)F)ccc1C(F)(F)F. The van der Waals surface area contributed by atoms with Gasteiger partial charge in [-0.1, -0.05) is 15.9 Å². The van der Waals surface area contributed by atoms with E-state index in [9.17, 15) is 26.3 Å². The van der Waals surface area contributed by atoms with E-state index in [-0.39, 0.29) is 0 Å². The van der Waals surface area contributed by atoms with E-state index in [0.717, 1.165) is 0 Å². The summed E-state index contributed by atoms with van der Waals surface area (Å²) < 4.78 is 74.7. The van der Waals surface area contributed by atoms with Gasteiger partial charge >= 0.3 is 12.4 Å². The number of hydrogen-bond donors (Lipinski definition) is 0. The van der Waals surface area contributed by atoms with E-state index in [1.807, 2.05) is 0 Å². The number of benzene rings is 1. The molecule has 7 heteroatoms. The highest BCUT2D eigenvalue weighted by molar-refractivity contribution is 9.09. The minimum absolute atomic E-state index is 0.424. The number of rotatable bonds is 1. The molecule has 0 saturated heterocycles. The average Bonchev–Trinajstić information content (AvgIpc) is 2.14. The highest BCUT2D eigenvalue weighted by Gasteiger charge is 2.37. The van der Waals surface area contributed by atoms with E-state index < -0.39 is 33.9 Å². The molecule has 1 aromatic carbocycles. The zero-order valence-electron chi connectivity index (χ0n) is 8.46. The standard InChI is InChI=1S/C10H7BrF6/c1-5(11)7-4-6(9(12,13)14)2-3-8(7)10(15,16)17/h2-5H,1H3/t5-/m0/s1. The van der Waals surface area contributed by atoms with Gasteiger partial charge in [-0.2, -0.15) is 26.3 Å². The van der Waals surface area contributed by atoms with E-state index >= 15 is 0 Å². The molecule has 0 amide bonds. The van der Waals surface area contributed by atoms with Crippen LogP contribution in [-0.4, -0.2) is 0 Å². The molecule has 0 aliphatic heterocycles. The van der Waals surface area contributed by atoms with Crippen molar-refractivity contribution in [3.63, 3.8) is 0 Å². The Bertz CT molecular complexity index is 404. The summed E-state index contributed by atoms with van der Waals surface area (Å²) in [5.41, 5.74) is -2.58. The van der Waals surface area contributed by atoms with Gasteiger partial charge < -0.3 is 0 Å². The van der Waals surface area contributed by atoms with Crippen LogP contribution in [-0.2, 0) is 12.4 Å². The van der Waals surface area contributed by atoms with Crippen LogP contribution in [0.15, 0.2) is 18.2 Å². The summed E-state index contributed by atoms with van der Waals surface area (Å²) in [5, 5.41) is 0. The maximum Gasteiger partial charge on any atom is 0.416 e. The summed E-state index contributed by atoms with van der Waals surface area (Å²) in [6.07, 6.45) is -9.32. The van der Waals surface area contributed by atoms with Gasteiger partial charge in [0.25, 0.3) is 0 Å². The van der Waals surface area contributed by atoms with Crippen molar-refractivity contribution in [3.05, 3.63) is 34.9 Å². The fraction of sp³-hybridized carbons (Fsp3) is 0.400. The quantitative estimate of drug-likeness (QED) is 0.494. The van der Waals surface area contributed by atoms with Gasteiger partial charge in [0, 0.05) is 4.83 Å². The Hall–Kier alpha value is -0.720. The number of alkyl halides is 7. The second kappa shape index (κ2) is 4.51. The number of halogens is 7. The molecule has 1 rings (SSSR count). The lowest BCUT2D eigenvalue weighted by atomic mass is 10.0. The molecule has 0 saturated carbocycles. The van der Waals surface area contributed by atoms with Crippen LogP contribution in [0.25, 0.3) is 0 Å². The topological polar surface area (TPSA) is 0 Å². The molecule has 0 spiro atoms. The predicted molar refractivity (Wildman–Crippen MR) is 53.8 cm³/mol. The van der Waals surface area contributed by atoms with Gasteiger partial charge in [0.05, 0.1) is 11.1 Å². The highest BCUT2D eigenvalue weighted by Crippen LogP contribution is 2.40. The van der Waals surface area contributed by atoms with Crippen molar-refractivity contribution < 1.29 is 26.3 Å². The first kappa shape index (κ1) is 14.3. The summed E-state index contributed by atoms with van der Waals surface area (Å²) >= 11 is 2.86. The molecule has 0 bridgehead atoms. The predicted octanol–water partition coefficient (Wildman–Crippen LogP) is 5.18. The molecule has 0 heterocycles. The molecule has 0 nitrogen and oxygen atoms in total. The zero-order chi connectivity index (χ0) is 13.4. The Kier molecular flexibility index (Phi) is 3.81. The second-order valence-corrected chi connectivity index (χ2v) is 4.79. The van der Waals surface area contributed by atoms with Crippen LogP contribution in [0, 0.1) is 0 Å². The van der Waals surface area contributed by atoms with Gasteiger partial charge in [-0.25, -0.2) is 0 Å². The average molecular weight is 321 g/mol. The van der Waals surface area contributed by atoms with Crippen molar-refractivity contribution in [1.29, 1.82) is 0 Å². The van der Waals surface area contributed by atoms with E-state index in [1.54, 1.807) is 0 Å². The third kappa shape index (κ3) is 3.37. The Morgan fingerprint density at radius 3 is 1.88 bits per heavy atom. The molecule has 0 aliphatic rings. The molecule has 0 radical (unpaired) electrons. The lowest BCUT2D eigenvalue weighted by Crippen LogP contribution is -2.12. The van der Waals surface area contributed by atoms with Gasteiger partial charge in [-0.15, -0.1) is 0 Å². The number of hydrogen-bond acceptors (Lipinski definition) is 0. The van der Waals surface area contributed by atoms with Crippen molar-refractivity contribution in [2.75, 3.05) is 0 Å². The van der Waals surface area contributed by atoms with E-state index in [2.05, 4.69) is 15.9 Å². The molecule has 17 heavy (non-hydrogen) atoms. The summed E-state index contributed by atoms with van der Waals surface area (Å²) in [4.78, 5) is -0.818. The van der Waals surface area contributed by atoms with Gasteiger partial charge in [0.2, 0.25) is 0 Å². The molecule has 0 unspecified atom stereocenters. The second-order valence-electron chi connectivity index (χ2n) is 3.41.